The summed E-state index contributed by atoms with van der Waals surface area (Å²) in [7, 11) is 0. The Morgan fingerprint density at radius 3 is 2.81 bits per heavy atom. The predicted octanol–water partition coefficient (Wildman–Crippen LogP) is 3.57. The van der Waals surface area contributed by atoms with Gasteiger partial charge in [-0.2, -0.15) is 0 Å². The molecule has 0 atom stereocenters. The molecule has 0 amide bonds. The lowest BCUT2D eigenvalue weighted by molar-refractivity contribution is -0.384. The number of nitro benzene ring substituents is 1. The molecule has 0 saturated carbocycles. The van der Waals surface area contributed by atoms with Crippen LogP contribution in [0.3, 0.4) is 0 Å². The number of hydrogen-bond acceptors (Lipinski definition) is 4. The summed E-state index contributed by atoms with van der Waals surface area (Å²) >= 11 is 3.26. The average molecular weight is 348 g/mol. The normalized spacial score (nSPS) is 13.0. The number of hydrogen-bond donors (Lipinski definition) is 2. The molecule has 6 heteroatoms. The second-order valence-corrected chi connectivity index (χ2v) is 5.89. The van der Waals surface area contributed by atoms with Gasteiger partial charge < -0.3 is 10.6 Å². The zero-order chi connectivity index (χ0) is 14.8. The fraction of sp³-hybridized carbons (Fsp3) is 0.200. The van der Waals surface area contributed by atoms with Crippen molar-refractivity contribution in [3.8, 4) is 0 Å². The van der Waals surface area contributed by atoms with Gasteiger partial charge in [0.25, 0.3) is 5.69 Å². The van der Waals surface area contributed by atoms with Crippen LogP contribution in [0.25, 0.3) is 0 Å². The van der Waals surface area contributed by atoms with Crippen molar-refractivity contribution in [2.75, 3.05) is 5.32 Å². The molecule has 108 valence electrons. The number of halogens is 1. The van der Waals surface area contributed by atoms with Crippen molar-refractivity contribution in [3.05, 3.63) is 67.7 Å². The number of nitro groups is 1. The van der Waals surface area contributed by atoms with E-state index in [2.05, 4.69) is 44.8 Å². The molecule has 5 nitrogen and oxygen atoms in total. The maximum atomic E-state index is 11.1. The van der Waals surface area contributed by atoms with Crippen molar-refractivity contribution in [1.29, 1.82) is 0 Å². The van der Waals surface area contributed by atoms with E-state index in [4.69, 9.17) is 0 Å². The Labute approximate surface area is 130 Å². The first-order valence-electron chi connectivity index (χ1n) is 6.63. The molecule has 2 N–H and O–H groups in total. The first-order chi connectivity index (χ1) is 10.1. The number of fused-ring (bicyclic) bond motifs is 1. The molecular weight excluding hydrogens is 334 g/mol. The van der Waals surface area contributed by atoms with Crippen LogP contribution in [-0.4, -0.2) is 4.92 Å². The lowest BCUT2D eigenvalue weighted by atomic mass is 10.1. The van der Waals surface area contributed by atoms with Crippen LogP contribution >= 0.6 is 15.9 Å². The smallest absolute Gasteiger partial charge is 0.293 e. The van der Waals surface area contributed by atoms with Crippen molar-refractivity contribution >= 4 is 27.3 Å². The summed E-state index contributed by atoms with van der Waals surface area (Å²) in [6, 6.07) is 11.3. The van der Waals surface area contributed by atoms with Gasteiger partial charge in [0.15, 0.2) is 0 Å². The van der Waals surface area contributed by atoms with Crippen molar-refractivity contribution in [2.24, 2.45) is 0 Å². The zero-order valence-corrected chi connectivity index (χ0v) is 12.8. The first-order valence-corrected chi connectivity index (χ1v) is 7.42. The molecule has 0 fully saturated rings. The average Bonchev–Trinajstić information content (AvgIpc) is 2.93. The van der Waals surface area contributed by atoms with Crippen LogP contribution in [-0.2, 0) is 19.6 Å². The molecule has 0 unspecified atom stereocenters. The van der Waals surface area contributed by atoms with Crippen molar-refractivity contribution in [1.82, 2.24) is 5.32 Å². The van der Waals surface area contributed by atoms with E-state index >= 15 is 0 Å². The van der Waals surface area contributed by atoms with Gasteiger partial charge in [-0.1, -0.05) is 34.1 Å². The third kappa shape index (κ3) is 3.06. The van der Waals surface area contributed by atoms with Crippen molar-refractivity contribution < 1.29 is 4.92 Å². The lowest BCUT2D eigenvalue weighted by Gasteiger charge is -2.09. The highest BCUT2D eigenvalue weighted by molar-refractivity contribution is 9.10. The molecule has 2 aromatic carbocycles. The van der Waals surface area contributed by atoms with Gasteiger partial charge in [0.1, 0.15) is 5.69 Å². The summed E-state index contributed by atoms with van der Waals surface area (Å²) in [6.45, 7) is 2.37. The highest BCUT2D eigenvalue weighted by Crippen LogP contribution is 2.28. The highest BCUT2D eigenvalue weighted by atomic mass is 79.9. The van der Waals surface area contributed by atoms with Crippen LogP contribution < -0.4 is 10.6 Å². The Morgan fingerprint density at radius 2 is 2.00 bits per heavy atom. The minimum absolute atomic E-state index is 0.0761. The summed E-state index contributed by atoms with van der Waals surface area (Å²) in [5, 5.41) is 17.5. The van der Waals surface area contributed by atoms with Crippen LogP contribution in [0.2, 0.25) is 0 Å². The molecule has 0 aromatic heterocycles. The van der Waals surface area contributed by atoms with Crippen LogP contribution in [0, 0.1) is 10.1 Å². The monoisotopic (exact) mass is 347 g/mol. The minimum atomic E-state index is -0.375. The summed E-state index contributed by atoms with van der Waals surface area (Å²) in [4.78, 5) is 10.7. The number of nitrogens with zero attached hydrogens (tertiary/aromatic N) is 1. The van der Waals surface area contributed by atoms with Crippen molar-refractivity contribution in [2.45, 2.75) is 19.6 Å². The van der Waals surface area contributed by atoms with E-state index < -0.39 is 0 Å². The zero-order valence-electron chi connectivity index (χ0n) is 11.2. The Balaban J connectivity index is 1.77. The Morgan fingerprint density at radius 1 is 1.19 bits per heavy atom. The van der Waals surface area contributed by atoms with E-state index in [1.165, 1.54) is 17.2 Å². The van der Waals surface area contributed by atoms with Gasteiger partial charge in [0.05, 0.1) is 4.92 Å². The molecule has 2 aromatic rings. The molecule has 1 heterocycles. The summed E-state index contributed by atoms with van der Waals surface area (Å²) in [5.74, 6) is 0. The Hall–Kier alpha value is -1.92. The Bertz CT molecular complexity index is 703. The van der Waals surface area contributed by atoms with Gasteiger partial charge in [0.2, 0.25) is 0 Å². The number of nitrogens with one attached hydrogen (secondary N) is 2. The van der Waals surface area contributed by atoms with Gasteiger partial charge in [-0.3, -0.25) is 10.1 Å². The Kier molecular flexibility index (Phi) is 3.90. The van der Waals surface area contributed by atoms with E-state index in [1.54, 1.807) is 12.1 Å². The van der Waals surface area contributed by atoms with Crippen LogP contribution in [0.4, 0.5) is 11.4 Å². The first kappa shape index (κ1) is 14.0. The highest BCUT2D eigenvalue weighted by Gasteiger charge is 2.14. The van der Waals surface area contributed by atoms with Crippen LogP contribution in [0.1, 0.15) is 16.7 Å². The molecule has 1 aliphatic rings. The van der Waals surface area contributed by atoms with Gasteiger partial charge in [-0.15, -0.1) is 0 Å². The molecule has 0 saturated heterocycles. The molecule has 0 bridgehead atoms. The summed E-state index contributed by atoms with van der Waals surface area (Å²) < 4.78 is 0.698. The fourth-order valence-corrected chi connectivity index (χ4v) is 2.81. The summed E-state index contributed by atoms with van der Waals surface area (Å²) in [6.07, 6.45) is 0. The van der Waals surface area contributed by atoms with E-state index in [-0.39, 0.29) is 10.6 Å². The van der Waals surface area contributed by atoms with E-state index in [1.807, 2.05) is 0 Å². The van der Waals surface area contributed by atoms with Crippen molar-refractivity contribution in [3.63, 3.8) is 0 Å². The maximum Gasteiger partial charge on any atom is 0.293 e. The van der Waals surface area contributed by atoms with Gasteiger partial charge in [-0.25, -0.2) is 0 Å². The molecular formula is C15H14BrN3O2. The topological polar surface area (TPSA) is 67.2 Å². The van der Waals surface area contributed by atoms with Gasteiger partial charge >= 0.3 is 0 Å². The third-order valence-corrected chi connectivity index (χ3v) is 4.03. The number of benzene rings is 2. The van der Waals surface area contributed by atoms with Gasteiger partial charge in [-0.05, 0) is 28.8 Å². The predicted molar refractivity (Wildman–Crippen MR) is 85.1 cm³/mol. The second kappa shape index (κ2) is 5.83. The number of rotatable bonds is 4. The lowest BCUT2D eigenvalue weighted by Crippen LogP contribution is -2.03. The molecule has 1 aliphatic heterocycles. The fourth-order valence-electron chi connectivity index (χ4n) is 2.46. The second-order valence-electron chi connectivity index (χ2n) is 4.98. The molecule has 0 spiro atoms. The molecule has 3 rings (SSSR count). The van der Waals surface area contributed by atoms with E-state index in [0.29, 0.717) is 16.7 Å². The number of anilines is 1. The minimum Gasteiger partial charge on any atom is -0.375 e. The molecule has 0 aliphatic carbocycles. The summed E-state index contributed by atoms with van der Waals surface area (Å²) in [5.41, 5.74) is 4.36. The van der Waals surface area contributed by atoms with Crippen LogP contribution in [0.5, 0.6) is 0 Å². The van der Waals surface area contributed by atoms with Crippen LogP contribution in [0.15, 0.2) is 40.9 Å². The van der Waals surface area contributed by atoms with E-state index in [0.717, 1.165) is 18.7 Å². The SMILES string of the molecule is O=[N+]([O-])c1cc(Br)ccc1NCc1ccc2c(c1)CNC2. The van der Waals surface area contributed by atoms with E-state index in [9.17, 15) is 10.1 Å². The molecule has 0 radical (unpaired) electrons. The standard InChI is InChI=1S/C15H14BrN3O2/c16-13-3-4-14(15(6-13)19(20)21)18-7-10-1-2-11-8-17-9-12(11)5-10/h1-6,17-18H,7-9H2. The third-order valence-electron chi connectivity index (χ3n) is 3.54. The largest absolute Gasteiger partial charge is 0.375 e. The molecule has 21 heavy (non-hydrogen) atoms. The van der Waals surface area contributed by atoms with Gasteiger partial charge in [0, 0.05) is 30.2 Å². The quantitative estimate of drug-likeness (QED) is 0.655. The maximum absolute atomic E-state index is 11.1.